The molecule has 1 aliphatic rings. The summed E-state index contributed by atoms with van der Waals surface area (Å²) < 4.78 is 1.96. The number of carbonyl (C=O) groups is 1. The average molecular weight is 373 g/mol. The predicted octanol–water partition coefficient (Wildman–Crippen LogP) is 3.82. The van der Waals surface area contributed by atoms with Crippen molar-refractivity contribution in [3.05, 3.63) is 29.8 Å². The molecule has 0 spiro atoms. The smallest absolute Gasteiger partial charge is 0.230 e. The lowest BCUT2D eigenvalue weighted by Crippen LogP contribution is -2.44. The molecule has 1 amide bonds. The number of aromatic nitrogens is 3. The number of nitrogens with zero attached hydrogens (tertiary/aromatic N) is 3. The van der Waals surface area contributed by atoms with Gasteiger partial charge in [0, 0.05) is 18.7 Å². The monoisotopic (exact) mass is 372 g/mol. The number of rotatable bonds is 5. The van der Waals surface area contributed by atoms with Crippen molar-refractivity contribution in [1.29, 1.82) is 0 Å². The zero-order valence-corrected chi connectivity index (χ0v) is 16.8. The van der Waals surface area contributed by atoms with E-state index < -0.39 is 0 Å². The number of thioether (sulfide) groups is 1. The van der Waals surface area contributed by atoms with Crippen LogP contribution in [0.1, 0.15) is 38.7 Å². The van der Waals surface area contributed by atoms with Gasteiger partial charge in [-0.2, -0.15) is 0 Å². The van der Waals surface area contributed by atoms with E-state index >= 15 is 0 Å². The van der Waals surface area contributed by atoms with Crippen LogP contribution >= 0.6 is 11.8 Å². The number of hydrogen-bond donors (Lipinski definition) is 1. The molecule has 0 bridgehead atoms. The van der Waals surface area contributed by atoms with Crippen molar-refractivity contribution in [2.75, 3.05) is 5.75 Å². The lowest BCUT2D eigenvalue weighted by molar-refractivity contribution is -0.120. The van der Waals surface area contributed by atoms with E-state index in [0.29, 0.717) is 23.6 Å². The van der Waals surface area contributed by atoms with Crippen molar-refractivity contribution in [2.24, 2.45) is 18.9 Å². The molecule has 1 aromatic carbocycles. The second kappa shape index (κ2) is 8.25. The molecule has 1 fully saturated rings. The minimum absolute atomic E-state index is 0.0846. The first-order valence-corrected chi connectivity index (χ1v) is 10.3. The van der Waals surface area contributed by atoms with Crippen LogP contribution in [-0.2, 0) is 11.8 Å². The molecule has 0 radical (unpaired) electrons. The summed E-state index contributed by atoms with van der Waals surface area (Å²) in [5.41, 5.74) is 2.24. The fourth-order valence-electron chi connectivity index (χ4n) is 3.66. The van der Waals surface area contributed by atoms with Gasteiger partial charge < -0.3 is 9.88 Å². The summed E-state index contributed by atoms with van der Waals surface area (Å²) in [5, 5.41) is 12.6. The van der Waals surface area contributed by atoms with E-state index in [-0.39, 0.29) is 5.91 Å². The second-order valence-corrected chi connectivity index (χ2v) is 8.35. The molecule has 140 valence electrons. The van der Waals surface area contributed by atoms with Gasteiger partial charge in [0.15, 0.2) is 11.0 Å². The molecule has 0 unspecified atom stereocenters. The first kappa shape index (κ1) is 19.0. The summed E-state index contributed by atoms with van der Waals surface area (Å²) in [5.74, 6) is 2.51. The molecular formula is C20H28N4OS. The van der Waals surface area contributed by atoms with Gasteiger partial charge in [0.2, 0.25) is 5.91 Å². The van der Waals surface area contributed by atoms with E-state index in [1.54, 1.807) is 0 Å². The Labute approximate surface area is 160 Å². The standard InChI is InChI=1S/C20H28N4OS/c1-13-9-7-11-17(15(13)3)21-18(25)12-26-20-23-22-19(24(20)4)16-10-6-5-8-14(16)2/h5-6,8,10,13,15,17H,7,9,11-12H2,1-4H3,(H,21,25)/t13-,15+,17+/m1/s1. The summed E-state index contributed by atoms with van der Waals surface area (Å²) in [6, 6.07) is 8.43. The first-order valence-electron chi connectivity index (χ1n) is 9.35. The van der Waals surface area contributed by atoms with Crippen molar-refractivity contribution < 1.29 is 4.79 Å². The van der Waals surface area contributed by atoms with Crippen LogP contribution < -0.4 is 5.32 Å². The zero-order valence-electron chi connectivity index (χ0n) is 16.0. The summed E-state index contributed by atoms with van der Waals surface area (Å²) >= 11 is 1.44. The summed E-state index contributed by atoms with van der Waals surface area (Å²) in [4.78, 5) is 12.4. The summed E-state index contributed by atoms with van der Waals surface area (Å²) in [6.07, 6.45) is 3.55. The van der Waals surface area contributed by atoms with E-state index in [9.17, 15) is 4.79 Å². The molecular weight excluding hydrogens is 344 g/mol. The van der Waals surface area contributed by atoms with Gasteiger partial charge in [-0.3, -0.25) is 4.79 Å². The normalized spacial score (nSPS) is 23.0. The fourth-order valence-corrected chi connectivity index (χ4v) is 4.39. The second-order valence-electron chi connectivity index (χ2n) is 7.41. The largest absolute Gasteiger partial charge is 0.352 e. The van der Waals surface area contributed by atoms with Gasteiger partial charge in [0.1, 0.15) is 0 Å². The van der Waals surface area contributed by atoms with Crippen LogP contribution in [0, 0.1) is 18.8 Å². The van der Waals surface area contributed by atoms with Crippen LogP contribution in [0.3, 0.4) is 0 Å². The van der Waals surface area contributed by atoms with Gasteiger partial charge in [0.05, 0.1) is 5.75 Å². The highest BCUT2D eigenvalue weighted by Gasteiger charge is 2.28. The Hall–Kier alpha value is -1.82. The molecule has 0 saturated heterocycles. The molecule has 1 heterocycles. The Morgan fingerprint density at radius 2 is 2.04 bits per heavy atom. The molecule has 5 nitrogen and oxygen atoms in total. The lowest BCUT2D eigenvalue weighted by atomic mass is 9.78. The molecule has 0 aliphatic heterocycles. The van der Waals surface area contributed by atoms with Gasteiger partial charge in [-0.25, -0.2) is 0 Å². The molecule has 26 heavy (non-hydrogen) atoms. The Balaban J connectivity index is 1.60. The maximum atomic E-state index is 12.4. The van der Waals surface area contributed by atoms with Crippen LogP contribution in [0.5, 0.6) is 0 Å². The maximum absolute atomic E-state index is 12.4. The van der Waals surface area contributed by atoms with Gasteiger partial charge in [-0.1, -0.05) is 62.7 Å². The van der Waals surface area contributed by atoms with Crippen LogP contribution in [0.15, 0.2) is 29.4 Å². The van der Waals surface area contributed by atoms with Gasteiger partial charge >= 0.3 is 0 Å². The van der Waals surface area contributed by atoms with Crippen LogP contribution in [0.4, 0.5) is 0 Å². The Morgan fingerprint density at radius 3 is 2.81 bits per heavy atom. The Morgan fingerprint density at radius 1 is 1.27 bits per heavy atom. The van der Waals surface area contributed by atoms with Crippen molar-refractivity contribution in [3.8, 4) is 11.4 Å². The molecule has 3 atom stereocenters. The van der Waals surface area contributed by atoms with E-state index in [4.69, 9.17) is 0 Å². The van der Waals surface area contributed by atoms with Gasteiger partial charge in [-0.15, -0.1) is 10.2 Å². The minimum Gasteiger partial charge on any atom is -0.352 e. The van der Waals surface area contributed by atoms with Crippen molar-refractivity contribution in [3.63, 3.8) is 0 Å². The third-order valence-electron chi connectivity index (χ3n) is 5.61. The maximum Gasteiger partial charge on any atom is 0.230 e. The third-order valence-corrected chi connectivity index (χ3v) is 6.63. The fraction of sp³-hybridized carbons (Fsp3) is 0.550. The molecule has 2 aromatic rings. The van der Waals surface area contributed by atoms with E-state index in [1.807, 2.05) is 29.8 Å². The predicted molar refractivity (Wildman–Crippen MR) is 106 cm³/mol. The number of aryl methyl sites for hydroxylation is 1. The average Bonchev–Trinajstić information content (AvgIpc) is 2.98. The molecule has 3 rings (SSSR count). The molecule has 6 heteroatoms. The van der Waals surface area contributed by atoms with Gasteiger partial charge in [0.25, 0.3) is 0 Å². The summed E-state index contributed by atoms with van der Waals surface area (Å²) in [6.45, 7) is 6.60. The zero-order chi connectivity index (χ0) is 18.7. The van der Waals surface area contributed by atoms with E-state index in [1.165, 1.54) is 24.6 Å². The number of benzene rings is 1. The van der Waals surface area contributed by atoms with E-state index in [2.05, 4.69) is 42.4 Å². The first-order chi connectivity index (χ1) is 12.5. The van der Waals surface area contributed by atoms with Crippen LogP contribution in [-0.4, -0.2) is 32.5 Å². The lowest BCUT2D eigenvalue weighted by Gasteiger charge is -2.34. The van der Waals surface area contributed by atoms with Gasteiger partial charge in [-0.05, 0) is 30.7 Å². The minimum atomic E-state index is 0.0846. The third kappa shape index (κ3) is 4.11. The summed E-state index contributed by atoms with van der Waals surface area (Å²) in [7, 11) is 1.95. The Kier molecular flexibility index (Phi) is 6.01. The number of hydrogen-bond acceptors (Lipinski definition) is 4. The van der Waals surface area contributed by atoms with Crippen molar-refractivity contribution in [2.45, 2.75) is 51.2 Å². The van der Waals surface area contributed by atoms with Crippen LogP contribution in [0.2, 0.25) is 0 Å². The Bertz CT molecular complexity index is 773. The van der Waals surface area contributed by atoms with Crippen molar-refractivity contribution in [1.82, 2.24) is 20.1 Å². The quantitative estimate of drug-likeness (QED) is 0.811. The van der Waals surface area contributed by atoms with E-state index in [0.717, 1.165) is 28.5 Å². The number of amides is 1. The topological polar surface area (TPSA) is 59.8 Å². The number of carbonyl (C=O) groups excluding carboxylic acids is 1. The van der Waals surface area contributed by atoms with Crippen LogP contribution in [0.25, 0.3) is 11.4 Å². The molecule has 1 N–H and O–H groups in total. The number of nitrogens with one attached hydrogen (secondary N) is 1. The highest BCUT2D eigenvalue weighted by Crippen LogP contribution is 2.30. The molecule has 1 aromatic heterocycles. The molecule has 1 saturated carbocycles. The van der Waals surface area contributed by atoms with Crippen molar-refractivity contribution >= 4 is 17.7 Å². The SMILES string of the molecule is Cc1ccccc1-c1nnc(SCC(=O)N[C@H]2CCC[C@@H](C)[C@@H]2C)n1C. The highest BCUT2D eigenvalue weighted by molar-refractivity contribution is 7.99. The molecule has 1 aliphatic carbocycles. The highest BCUT2D eigenvalue weighted by atomic mass is 32.2.